The van der Waals surface area contributed by atoms with E-state index < -0.39 is 0 Å². The zero-order valence-corrected chi connectivity index (χ0v) is 12.7. The van der Waals surface area contributed by atoms with Gasteiger partial charge in [-0.1, -0.05) is 6.92 Å². The molecule has 5 nitrogen and oxygen atoms in total. The van der Waals surface area contributed by atoms with Crippen molar-refractivity contribution in [2.24, 2.45) is 0 Å². The third kappa shape index (κ3) is 3.22. The molecule has 2 rings (SSSR count). The molecule has 2 aromatic heterocycles. The summed E-state index contributed by atoms with van der Waals surface area (Å²) < 4.78 is 1.98. The number of aryl methyl sites for hydroxylation is 1. The molecule has 0 aromatic carbocycles. The molecule has 0 fully saturated rings. The fraction of sp³-hybridized carbons (Fsp3) is 0.533. The Labute approximate surface area is 120 Å². The minimum atomic E-state index is 0.218. The molecule has 5 heteroatoms. The summed E-state index contributed by atoms with van der Waals surface area (Å²) in [7, 11) is 0. The Hall–Kier alpha value is -1.75. The summed E-state index contributed by atoms with van der Waals surface area (Å²) in [6, 6.07) is 2.59. The van der Waals surface area contributed by atoms with Gasteiger partial charge < -0.3 is 5.32 Å². The molecule has 1 N–H and O–H groups in total. The van der Waals surface area contributed by atoms with E-state index in [1.807, 2.05) is 23.1 Å². The van der Waals surface area contributed by atoms with Gasteiger partial charge in [-0.2, -0.15) is 5.10 Å². The number of likely N-dealkylation sites (N-methyl/N-ethyl adjacent to an activating group) is 1. The van der Waals surface area contributed by atoms with Crippen LogP contribution in [0.4, 0.5) is 0 Å². The number of aromatic nitrogens is 4. The number of rotatable bonds is 6. The Morgan fingerprint density at radius 1 is 1.35 bits per heavy atom. The van der Waals surface area contributed by atoms with E-state index in [1.165, 1.54) is 11.1 Å². The zero-order valence-electron chi connectivity index (χ0n) is 12.7. The molecule has 0 aliphatic rings. The number of pyridine rings is 1. The Morgan fingerprint density at radius 2 is 2.15 bits per heavy atom. The Balaban J connectivity index is 2.26. The van der Waals surface area contributed by atoms with Gasteiger partial charge in [-0.05, 0) is 44.5 Å². The number of hydrogen-bond donors (Lipinski definition) is 1. The lowest BCUT2D eigenvalue weighted by atomic mass is 10.0. The largest absolute Gasteiger partial charge is 0.310 e. The van der Waals surface area contributed by atoms with Crippen molar-refractivity contribution in [2.45, 2.75) is 46.2 Å². The lowest BCUT2D eigenvalue weighted by Gasteiger charge is -2.20. The molecule has 0 bridgehead atoms. The molecule has 1 atom stereocenters. The van der Waals surface area contributed by atoms with Gasteiger partial charge >= 0.3 is 0 Å². The average Bonchev–Trinajstić information content (AvgIpc) is 2.87. The van der Waals surface area contributed by atoms with Crippen LogP contribution in [-0.4, -0.2) is 26.3 Å². The van der Waals surface area contributed by atoms with Crippen molar-refractivity contribution in [1.82, 2.24) is 25.1 Å². The summed E-state index contributed by atoms with van der Waals surface area (Å²) in [5.74, 6) is 1.01. The van der Waals surface area contributed by atoms with Crippen molar-refractivity contribution in [3.63, 3.8) is 0 Å². The topological polar surface area (TPSA) is 55.6 Å². The van der Waals surface area contributed by atoms with Crippen LogP contribution in [0.3, 0.4) is 0 Å². The second-order valence-electron chi connectivity index (χ2n) is 5.26. The first-order valence-corrected chi connectivity index (χ1v) is 7.15. The lowest BCUT2D eigenvalue weighted by Crippen LogP contribution is -2.25. The molecule has 0 aliphatic heterocycles. The van der Waals surface area contributed by atoms with Gasteiger partial charge in [-0.3, -0.25) is 4.98 Å². The van der Waals surface area contributed by atoms with E-state index in [9.17, 15) is 0 Å². The normalized spacial score (nSPS) is 12.8. The maximum atomic E-state index is 4.41. The number of hydrogen-bond acceptors (Lipinski definition) is 4. The van der Waals surface area contributed by atoms with Gasteiger partial charge in [-0.25, -0.2) is 9.67 Å². The molecule has 0 spiro atoms. The monoisotopic (exact) mass is 273 g/mol. The summed E-state index contributed by atoms with van der Waals surface area (Å²) in [6.07, 6.45) is 6.23. The third-order valence-electron chi connectivity index (χ3n) is 3.43. The maximum Gasteiger partial charge on any atom is 0.138 e. The predicted octanol–water partition coefficient (Wildman–Crippen LogP) is 2.46. The number of nitrogens with zero attached hydrogens (tertiary/aromatic N) is 4. The smallest absolute Gasteiger partial charge is 0.138 e. The van der Waals surface area contributed by atoms with Crippen LogP contribution in [0, 0.1) is 6.92 Å². The van der Waals surface area contributed by atoms with Crippen LogP contribution in [0.1, 0.15) is 49.8 Å². The van der Waals surface area contributed by atoms with Crippen LogP contribution >= 0.6 is 0 Å². The highest BCUT2D eigenvalue weighted by Gasteiger charge is 2.17. The molecule has 1 unspecified atom stereocenters. The van der Waals surface area contributed by atoms with E-state index in [1.54, 1.807) is 6.33 Å². The van der Waals surface area contributed by atoms with E-state index in [4.69, 9.17) is 0 Å². The first-order chi connectivity index (χ1) is 9.63. The first kappa shape index (κ1) is 14.7. The van der Waals surface area contributed by atoms with Gasteiger partial charge in [0.2, 0.25) is 0 Å². The van der Waals surface area contributed by atoms with Crippen molar-refractivity contribution in [1.29, 1.82) is 0 Å². The van der Waals surface area contributed by atoms with Crippen LogP contribution < -0.4 is 5.32 Å². The van der Waals surface area contributed by atoms with Crippen molar-refractivity contribution in [3.8, 4) is 0 Å². The fourth-order valence-corrected chi connectivity index (χ4v) is 2.41. The van der Waals surface area contributed by atoms with Gasteiger partial charge in [0.15, 0.2) is 0 Å². The maximum absolute atomic E-state index is 4.41. The second kappa shape index (κ2) is 6.61. The standard InChI is InChI=1S/C15H23N5/c1-5-17-14(13-9-16-7-6-12(13)4)8-15-18-10-19-20(15)11(2)3/h6-7,9-11,14,17H,5,8H2,1-4H3. The van der Waals surface area contributed by atoms with Crippen LogP contribution in [0.25, 0.3) is 0 Å². The van der Waals surface area contributed by atoms with Crippen LogP contribution in [0.2, 0.25) is 0 Å². The molecule has 0 saturated carbocycles. The third-order valence-corrected chi connectivity index (χ3v) is 3.43. The van der Waals surface area contributed by atoms with Gasteiger partial charge in [0, 0.05) is 30.9 Å². The van der Waals surface area contributed by atoms with E-state index in [0.717, 1.165) is 18.8 Å². The molecule has 2 aromatic rings. The summed E-state index contributed by atoms with van der Waals surface area (Å²) >= 11 is 0. The molecule has 0 amide bonds. The van der Waals surface area contributed by atoms with E-state index in [0.29, 0.717) is 6.04 Å². The van der Waals surface area contributed by atoms with Gasteiger partial charge in [0.1, 0.15) is 12.2 Å². The summed E-state index contributed by atoms with van der Waals surface area (Å²) in [6.45, 7) is 9.39. The van der Waals surface area contributed by atoms with E-state index in [2.05, 4.69) is 48.1 Å². The summed E-state index contributed by atoms with van der Waals surface area (Å²) in [5, 5.41) is 7.83. The van der Waals surface area contributed by atoms with Crippen molar-refractivity contribution in [2.75, 3.05) is 6.54 Å². The number of nitrogens with one attached hydrogen (secondary N) is 1. The van der Waals surface area contributed by atoms with Gasteiger partial charge in [0.05, 0.1) is 0 Å². The van der Waals surface area contributed by atoms with Crippen LogP contribution in [0.5, 0.6) is 0 Å². The molecule has 20 heavy (non-hydrogen) atoms. The quantitative estimate of drug-likeness (QED) is 0.878. The predicted molar refractivity (Wildman–Crippen MR) is 79.5 cm³/mol. The second-order valence-corrected chi connectivity index (χ2v) is 5.26. The van der Waals surface area contributed by atoms with E-state index >= 15 is 0 Å². The lowest BCUT2D eigenvalue weighted by molar-refractivity contribution is 0.467. The van der Waals surface area contributed by atoms with Crippen molar-refractivity contribution >= 4 is 0 Å². The fourth-order valence-electron chi connectivity index (χ4n) is 2.41. The van der Waals surface area contributed by atoms with Crippen LogP contribution in [0.15, 0.2) is 24.8 Å². The SMILES string of the molecule is CCNC(Cc1ncnn1C(C)C)c1cnccc1C. The minimum absolute atomic E-state index is 0.218. The highest BCUT2D eigenvalue weighted by atomic mass is 15.3. The zero-order chi connectivity index (χ0) is 14.5. The molecule has 0 saturated heterocycles. The highest BCUT2D eigenvalue weighted by molar-refractivity contribution is 5.26. The Bertz CT molecular complexity index is 547. The van der Waals surface area contributed by atoms with Crippen molar-refractivity contribution < 1.29 is 0 Å². The molecule has 2 heterocycles. The molecule has 0 aliphatic carbocycles. The minimum Gasteiger partial charge on any atom is -0.310 e. The first-order valence-electron chi connectivity index (χ1n) is 7.15. The molecular weight excluding hydrogens is 250 g/mol. The molecule has 108 valence electrons. The van der Waals surface area contributed by atoms with E-state index in [-0.39, 0.29) is 6.04 Å². The summed E-state index contributed by atoms with van der Waals surface area (Å²) in [5.41, 5.74) is 2.48. The summed E-state index contributed by atoms with van der Waals surface area (Å²) in [4.78, 5) is 8.66. The molecule has 0 radical (unpaired) electrons. The van der Waals surface area contributed by atoms with Gasteiger partial charge in [0.25, 0.3) is 0 Å². The van der Waals surface area contributed by atoms with Crippen LogP contribution in [-0.2, 0) is 6.42 Å². The Kier molecular flexibility index (Phi) is 4.84. The highest BCUT2D eigenvalue weighted by Crippen LogP contribution is 2.21. The Morgan fingerprint density at radius 3 is 2.80 bits per heavy atom. The van der Waals surface area contributed by atoms with Crippen molar-refractivity contribution in [3.05, 3.63) is 41.7 Å². The molecular formula is C15H23N5. The average molecular weight is 273 g/mol. The van der Waals surface area contributed by atoms with Gasteiger partial charge in [-0.15, -0.1) is 0 Å².